The first-order valence-electron chi connectivity index (χ1n) is 13.7. The van der Waals surface area contributed by atoms with Crippen LogP contribution in [0.25, 0.3) is 0 Å². The predicted molar refractivity (Wildman–Crippen MR) is 144 cm³/mol. The molecular formula is C28H35ClN4O3S. The van der Waals surface area contributed by atoms with E-state index in [2.05, 4.69) is 20.9 Å². The minimum atomic E-state index is -0.200. The quantitative estimate of drug-likeness (QED) is 0.419. The van der Waals surface area contributed by atoms with Crippen molar-refractivity contribution in [2.45, 2.75) is 88.4 Å². The lowest BCUT2D eigenvalue weighted by Crippen LogP contribution is -2.63. The summed E-state index contributed by atoms with van der Waals surface area (Å²) in [4.78, 5) is 30.6. The topological polar surface area (TPSA) is 92.4 Å². The SMILES string of the molecule is O=C(NC1CCCCC1NC(=O)c1csc(COc2ccc(Cl)cc2)n1)NC12CC3CC(CC(C3)C1)C2. The summed E-state index contributed by atoms with van der Waals surface area (Å²) in [6.45, 7) is 0.289. The van der Waals surface area contributed by atoms with E-state index in [9.17, 15) is 9.59 Å². The molecule has 0 spiro atoms. The standard InChI is InChI=1S/C28H35ClN4O3S/c29-20-5-7-21(8-6-20)36-15-25-30-24(16-37-25)26(34)31-22-3-1-2-4-23(22)32-27(35)33-28-12-17-9-18(13-28)11-19(10-17)14-28/h5-8,16-19,22-23H,1-4,9-15H2,(H,31,34)(H2,32,33,35). The Morgan fingerprint density at radius 3 is 2.24 bits per heavy atom. The van der Waals surface area contributed by atoms with E-state index in [-0.39, 0.29) is 36.2 Å². The van der Waals surface area contributed by atoms with Gasteiger partial charge in [-0.2, -0.15) is 0 Å². The van der Waals surface area contributed by atoms with Gasteiger partial charge in [-0.1, -0.05) is 24.4 Å². The molecule has 5 fully saturated rings. The Kier molecular flexibility index (Phi) is 7.05. The van der Waals surface area contributed by atoms with Crippen molar-refractivity contribution >= 4 is 34.9 Å². The molecule has 5 saturated carbocycles. The van der Waals surface area contributed by atoms with Crippen LogP contribution in [0.5, 0.6) is 5.75 Å². The highest BCUT2D eigenvalue weighted by molar-refractivity contribution is 7.09. The smallest absolute Gasteiger partial charge is 0.315 e. The molecule has 2 aromatic rings. The number of nitrogens with one attached hydrogen (secondary N) is 3. The number of nitrogens with zero attached hydrogens (tertiary/aromatic N) is 1. The Balaban J connectivity index is 1.02. The molecule has 0 saturated heterocycles. The summed E-state index contributed by atoms with van der Waals surface area (Å²) in [5, 5.41) is 13.0. The average molecular weight is 543 g/mol. The fourth-order valence-electron chi connectivity index (χ4n) is 7.59. The number of aromatic nitrogens is 1. The van der Waals surface area contributed by atoms with Crippen molar-refractivity contribution < 1.29 is 14.3 Å². The van der Waals surface area contributed by atoms with Crippen LogP contribution in [0.4, 0.5) is 4.79 Å². The van der Waals surface area contributed by atoms with Gasteiger partial charge in [0.05, 0.1) is 6.04 Å². The number of amides is 3. The van der Waals surface area contributed by atoms with Gasteiger partial charge in [0, 0.05) is 22.0 Å². The molecule has 198 valence electrons. The van der Waals surface area contributed by atoms with Gasteiger partial charge in [0.25, 0.3) is 5.91 Å². The van der Waals surface area contributed by atoms with Gasteiger partial charge >= 0.3 is 6.03 Å². The molecule has 2 atom stereocenters. The molecule has 1 aromatic carbocycles. The first-order valence-corrected chi connectivity index (χ1v) is 14.9. The van der Waals surface area contributed by atoms with Gasteiger partial charge in [-0.3, -0.25) is 4.79 Å². The highest BCUT2D eigenvalue weighted by Gasteiger charge is 2.51. The first kappa shape index (κ1) is 25.0. The number of rotatable bonds is 7. The molecule has 0 aliphatic heterocycles. The molecule has 2 unspecified atom stereocenters. The minimum Gasteiger partial charge on any atom is -0.486 e. The van der Waals surface area contributed by atoms with Crippen molar-refractivity contribution in [3.8, 4) is 5.75 Å². The molecule has 5 aliphatic rings. The lowest BCUT2D eigenvalue weighted by atomic mass is 9.53. The van der Waals surface area contributed by atoms with Crippen LogP contribution in [-0.2, 0) is 6.61 Å². The van der Waals surface area contributed by atoms with Gasteiger partial charge in [0.2, 0.25) is 0 Å². The molecule has 3 amide bonds. The maximum absolute atomic E-state index is 13.1. The van der Waals surface area contributed by atoms with Crippen LogP contribution in [0, 0.1) is 17.8 Å². The first-order chi connectivity index (χ1) is 17.9. The number of urea groups is 1. The van der Waals surface area contributed by atoms with Crippen LogP contribution in [0.1, 0.15) is 79.7 Å². The Hall–Kier alpha value is -2.32. The summed E-state index contributed by atoms with van der Waals surface area (Å²) in [7, 11) is 0. The lowest BCUT2D eigenvalue weighted by Gasteiger charge is -2.56. The third-order valence-electron chi connectivity index (χ3n) is 8.78. The molecule has 9 heteroatoms. The van der Waals surface area contributed by atoms with Crippen molar-refractivity contribution in [3.05, 3.63) is 45.4 Å². The summed E-state index contributed by atoms with van der Waals surface area (Å²) in [5.41, 5.74) is 0.374. The van der Waals surface area contributed by atoms with Crippen LogP contribution in [0.2, 0.25) is 5.02 Å². The van der Waals surface area contributed by atoms with E-state index in [1.807, 2.05) is 0 Å². The molecule has 0 radical (unpaired) electrons. The van der Waals surface area contributed by atoms with E-state index in [1.165, 1.54) is 30.6 Å². The van der Waals surface area contributed by atoms with Crippen LogP contribution in [-0.4, -0.2) is 34.5 Å². The summed E-state index contributed by atoms with van der Waals surface area (Å²) < 4.78 is 5.75. The monoisotopic (exact) mass is 542 g/mol. The van der Waals surface area contributed by atoms with Gasteiger partial charge in [-0.25, -0.2) is 9.78 Å². The number of carbonyl (C=O) groups is 2. The summed E-state index contributed by atoms with van der Waals surface area (Å²) in [5.74, 6) is 2.86. The van der Waals surface area contributed by atoms with E-state index in [0.29, 0.717) is 16.5 Å². The second kappa shape index (κ2) is 10.4. The normalized spacial score (nSPS) is 32.1. The number of hydrogen-bond donors (Lipinski definition) is 3. The van der Waals surface area contributed by atoms with E-state index < -0.39 is 0 Å². The predicted octanol–water partition coefficient (Wildman–Crippen LogP) is 5.68. The zero-order chi connectivity index (χ0) is 25.4. The van der Waals surface area contributed by atoms with Gasteiger partial charge in [-0.05, 0) is 93.4 Å². The van der Waals surface area contributed by atoms with Crippen LogP contribution >= 0.6 is 22.9 Å². The van der Waals surface area contributed by atoms with E-state index in [0.717, 1.165) is 67.7 Å². The number of carbonyl (C=O) groups excluding carboxylic acids is 2. The second-order valence-electron chi connectivity index (χ2n) is 11.6. The third kappa shape index (κ3) is 5.75. The number of hydrogen-bond acceptors (Lipinski definition) is 5. The van der Waals surface area contributed by atoms with Crippen LogP contribution in [0.3, 0.4) is 0 Å². The van der Waals surface area contributed by atoms with Gasteiger partial charge in [0.1, 0.15) is 23.1 Å². The fraction of sp³-hybridized carbons (Fsp3) is 0.607. The van der Waals surface area contributed by atoms with Crippen molar-refractivity contribution in [1.29, 1.82) is 0 Å². The number of ether oxygens (including phenoxy) is 1. The Labute approximate surface area is 227 Å². The third-order valence-corrected chi connectivity index (χ3v) is 9.85. The van der Waals surface area contributed by atoms with Gasteiger partial charge in [-0.15, -0.1) is 11.3 Å². The highest BCUT2D eigenvalue weighted by Crippen LogP contribution is 2.55. The number of thiazole rings is 1. The average Bonchev–Trinajstić information content (AvgIpc) is 3.33. The largest absolute Gasteiger partial charge is 0.486 e. The van der Waals surface area contributed by atoms with Crippen molar-refractivity contribution in [2.24, 2.45) is 17.8 Å². The van der Waals surface area contributed by atoms with Crippen molar-refractivity contribution in [2.75, 3.05) is 0 Å². The highest BCUT2D eigenvalue weighted by atomic mass is 35.5. The molecule has 1 aromatic heterocycles. The molecular weight excluding hydrogens is 508 g/mol. The number of benzene rings is 1. The molecule has 1 heterocycles. The van der Waals surface area contributed by atoms with Gasteiger partial charge < -0.3 is 20.7 Å². The maximum atomic E-state index is 13.1. The summed E-state index contributed by atoms with van der Waals surface area (Å²) >= 11 is 7.32. The Morgan fingerprint density at radius 2 is 1.59 bits per heavy atom. The summed E-state index contributed by atoms with van der Waals surface area (Å²) in [6.07, 6.45) is 11.3. The zero-order valence-electron chi connectivity index (χ0n) is 21.0. The Bertz CT molecular complexity index is 1100. The van der Waals surface area contributed by atoms with E-state index in [4.69, 9.17) is 16.3 Å². The van der Waals surface area contributed by atoms with Gasteiger partial charge in [0.15, 0.2) is 0 Å². The fourth-order valence-corrected chi connectivity index (χ4v) is 8.40. The molecule has 37 heavy (non-hydrogen) atoms. The van der Waals surface area contributed by atoms with Crippen LogP contribution < -0.4 is 20.7 Å². The lowest BCUT2D eigenvalue weighted by molar-refractivity contribution is -0.0138. The molecule has 3 N–H and O–H groups in total. The van der Waals surface area contributed by atoms with Crippen molar-refractivity contribution in [3.63, 3.8) is 0 Å². The molecule has 7 rings (SSSR count). The molecule has 7 nitrogen and oxygen atoms in total. The minimum absolute atomic E-state index is 0.0165. The molecule has 4 bridgehead atoms. The van der Waals surface area contributed by atoms with E-state index >= 15 is 0 Å². The Morgan fingerprint density at radius 1 is 0.973 bits per heavy atom. The second-order valence-corrected chi connectivity index (χ2v) is 13.0. The number of halogens is 1. The van der Waals surface area contributed by atoms with Crippen LogP contribution in [0.15, 0.2) is 29.6 Å². The zero-order valence-corrected chi connectivity index (χ0v) is 22.6. The van der Waals surface area contributed by atoms with Crippen molar-refractivity contribution in [1.82, 2.24) is 20.9 Å². The van der Waals surface area contributed by atoms with E-state index in [1.54, 1.807) is 29.6 Å². The maximum Gasteiger partial charge on any atom is 0.315 e. The molecule has 5 aliphatic carbocycles. The summed E-state index contributed by atoms with van der Waals surface area (Å²) in [6, 6.07) is 6.92.